The van der Waals surface area contributed by atoms with Crippen molar-refractivity contribution in [2.75, 3.05) is 13.7 Å². The summed E-state index contributed by atoms with van der Waals surface area (Å²) in [6, 6.07) is 27.2. The molecule has 5 rings (SSSR count). The van der Waals surface area contributed by atoms with Crippen LogP contribution in [-0.2, 0) is 11.3 Å². The van der Waals surface area contributed by atoms with Gasteiger partial charge >= 0.3 is 6.09 Å². The van der Waals surface area contributed by atoms with Crippen molar-refractivity contribution in [3.8, 4) is 16.9 Å². The van der Waals surface area contributed by atoms with Gasteiger partial charge in [0.2, 0.25) is 0 Å². The van der Waals surface area contributed by atoms with Crippen LogP contribution in [0, 0.1) is 0 Å². The molecule has 37 heavy (non-hydrogen) atoms. The first-order chi connectivity index (χ1) is 18.1. The summed E-state index contributed by atoms with van der Waals surface area (Å²) in [5.41, 5.74) is 5.98. The molecule has 0 saturated heterocycles. The van der Waals surface area contributed by atoms with Crippen molar-refractivity contribution in [1.82, 2.24) is 5.32 Å². The SMILES string of the molecule is COc1cc(Cl)c(Sc2ccccc2C=O)c(CNC(=O)OCC2c3ccccc3-c3ccccc32)c1. The van der Waals surface area contributed by atoms with Crippen LogP contribution in [0.2, 0.25) is 5.02 Å². The molecular weight excluding hydrogens is 506 g/mol. The number of alkyl carbamates (subject to hydrolysis) is 1. The van der Waals surface area contributed by atoms with Crippen LogP contribution >= 0.6 is 23.4 Å². The monoisotopic (exact) mass is 529 g/mol. The van der Waals surface area contributed by atoms with Crippen molar-refractivity contribution in [2.24, 2.45) is 0 Å². The van der Waals surface area contributed by atoms with E-state index in [-0.39, 0.29) is 19.1 Å². The molecule has 0 radical (unpaired) electrons. The van der Waals surface area contributed by atoms with E-state index in [1.165, 1.54) is 22.9 Å². The number of methoxy groups -OCH3 is 1. The first-order valence-corrected chi connectivity index (χ1v) is 13.0. The Balaban J connectivity index is 1.30. The van der Waals surface area contributed by atoms with Gasteiger partial charge in [0.15, 0.2) is 6.29 Å². The van der Waals surface area contributed by atoms with Crippen molar-refractivity contribution in [3.63, 3.8) is 0 Å². The summed E-state index contributed by atoms with van der Waals surface area (Å²) in [7, 11) is 1.56. The smallest absolute Gasteiger partial charge is 0.407 e. The second-order valence-electron chi connectivity index (χ2n) is 8.53. The Morgan fingerprint density at radius 2 is 1.62 bits per heavy atom. The van der Waals surface area contributed by atoms with Gasteiger partial charge in [0, 0.05) is 27.8 Å². The number of halogens is 1. The lowest BCUT2D eigenvalue weighted by molar-refractivity contribution is 0.112. The zero-order valence-electron chi connectivity index (χ0n) is 20.1. The van der Waals surface area contributed by atoms with E-state index >= 15 is 0 Å². The molecule has 0 bridgehead atoms. The number of rotatable bonds is 8. The molecule has 0 atom stereocenters. The molecule has 0 fully saturated rings. The molecule has 0 aromatic heterocycles. The van der Waals surface area contributed by atoms with Gasteiger partial charge < -0.3 is 14.8 Å². The molecule has 1 amide bonds. The van der Waals surface area contributed by atoms with Crippen molar-refractivity contribution in [1.29, 1.82) is 0 Å². The number of aldehydes is 1. The molecule has 7 heteroatoms. The van der Waals surface area contributed by atoms with Crippen LogP contribution in [0.25, 0.3) is 11.1 Å². The number of hydrogen-bond donors (Lipinski definition) is 1. The maximum absolute atomic E-state index is 12.8. The first-order valence-electron chi connectivity index (χ1n) is 11.8. The summed E-state index contributed by atoms with van der Waals surface area (Å²) < 4.78 is 11.1. The Morgan fingerprint density at radius 3 is 2.30 bits per heavy atom. The number of amides is 1. The number of fused-ring (bicyclic) bond motifs is 3. The third-order valence-corrected chi connectivity index (χ3v) is 8.04. The van der Waals surface area contributed by atoms with Gasteiger partial charge in [-0.25, -0.2) is 4.79 Å². The third-order valence-electron chi connectivity index (χ3n) is 6.35. The van der Waals surface area contributed by atoms with Crippen LogP contribution in [-0.4, -0.2) is 26.1 Å². The van der Waals surface area contributed by atoms with E-state index in [0.29, 0.717) is 16.3 Å². The summed E-state index contributed by atoms with van der Waals surface area (Å²) in [4.78, 5) is 25.8. The number of carbonyl (C=O) groups is 2. The van der Waals surface area contributed by atoms with Crippen LogP contribution in [0.4, 0.5) is 4.79 Å². The summed E-state index contributed by atoms with van der Waals surface area (Å²) in [5, 5.41) is 3.31. The molecule has 1 aliphatic carbocycles. The molecule has 0 aliphatic heterocycles. The number of nitrogens with one attached hydrogen (secondary N) is 1. The van der Waals surface area contributed by atoms with E-state index in [9.17, 15) is 9.59 Å². The summed E-state index contributed by atoms with van der Waals surface area (Å²) in [5.74, 6) is 0.553. The first kappa shape index (κ1) is 24.9. The molecule has 4 aromatic carbocycles. The average molecular weight is 530 g/mol. The summed E-state index contributed by atoms with van der Waals surface area (Å²) >= 11 is 7.95. The van der Waals surface area contributed by atoms with E-state index < -0.39 is 6.09 Å². The molecule has 4 aromatic rings. The van der Waals surface area contributed by atoms with E-state index in [4.69, 9.17) is 21.1 Å². The standard InChI is InChI=1S/C30H24ClNO4S/c1-35-21-14-20(29(27(31)15-21)37-28-13-7-2-8-19(28)17-33)16-32-30(34)36-18-26-24-11-5-3-9-22(24)23-10-4-6-12-25(23)26/h2-15,17,26H,16,18H2,1H3,(H,32,34). The van der Waals surface area contributed by atoms with Crippen molar-refractivity contribution in [3.05, 3.63) is 112 Å². The second kappa shape index (κ2) is 11.1. The van der Waals surface area contributed by atoms with Crippen LogP contribution in [0.3, 0.4) is 0 Å². The number of ether oxygens (including phenoxy) is 2. The van der Waals surface area contributed by atoms with Gasteiger partial charge in [-0.1, -0.05) is 90.1 Å². The van der Waals surface area contributed by atoms with E-state index in [0.717, 1.165) is 32.8 Å². The summed E-state index contributed by atoms with van der Waals surface area (Å²) in [6.45, 7) is 0.409. The minimum atomic E-state index is -0.523. The molecule has 0 unspecified atom stereocenters. The molecule has 186 valence electrons. The zero-order valence-corrected chi connectivity index (χ0v) is 21.6. The van der Waals surface area contributed by atoms with Crippen LogP contribution in [0.1, 0.15) is 33.0 Å². The third kappa shape index (κ3) is 5.22. The van der Waals surface area contributed by atoms with E-state index in [2.05, 4.69) is 29.6 Å². The van der Waals surface area contributed by atoms with Crippen LogP contribution < -0.4 is 10.1 Å². The molecule has 0 saturated carbocycles. The van der Waals surface area contributed by atoms with E-state index in [1.807, 2.05) is 48.5 Å². The Hall–Kier alpha value is -3.74. The fourth-order valence-electron chi connectivity index (χ4n) is 4.58. The Kier molecular flexibility index (Phi) is 7.49. The quantitative estimate of drug-likeness (QED) is 0.242. The topological polar surface area (TPSA) is 64.6 Å². The fraction of sp³-hybridized carbons (Fsp3) is 0.133. The Bertz CT molecular complexity index is 1430. The van der Waals surface area contributed by atoms with Gasteiger partial charge in [0.1, 0.15) is 12.4 Å². The highest BCUT2D eigenvalue weighted by molar-refractivity contribution is 7.99. The highest BCUT2D eigenvalue weighted by Crippen LogP contribution is 2.44. The Morgan fingerprint density at radius 1 is 0.973 bits per heavy atom. The van der Waals surface area contributed by atoms with Crippen LogP contribution in [0.15, 0.2) is 94.7 Å². The zero-order chi connectivity index (χ0) is 25.8. The molecule has 0 heterocycles. The van der Waals surface area contributed by atoms with Gasteiger partial charge in [-0.2, -0.15) is 0 Å². The second-order valence-corrected chi connectivity index (χ2v) is 9.99. The summed E-state index contributed by atoms with van der Waals surface area (Å²) in [6.07, 6.45) is 0.291. The fourth-order valence-corrected chi connectivity index (χ4v) is 5.95. The molecule has 0 spiro atoms. The molecule has 1 N–H and O–H groups in total. The van der Waals surface area contributed by atoms with Gasteiger partial charge in [-0.15, -0.1) is 0 Å². The predicted molar refractivity (Wildman–Crippen MR) is 146 cm³/mol. The number of benzene rings is 4. The maximum atomic E-state index is 12.8. The molecular formula is C30H24ClNO4S. The molecule has 5 nitrogen and oxygen atoms in total. The van der Waals surface area contributed by atoms with Gasteiger partial charge in [-0.3, -0.25) is 4.79 Å². The lowest BCUT2D eigenvalue weighted by Crippen LogP contribution is -2.26. The van der Waals surface area contributed by atoms with Gasteiger partial charge in [0.25, 0.3) is 0 Å². The van der Waals surface area contributed by atoms with Crippen LogP contribution in [0.5, 0.6) is 5.75 Å². The highest BCUT2D eigenvalue weighted by Gasteiger charge is 2.29. The minimum Gasteiger partial charge on any atom is -0.497 e. The largest absolute Gasteiger partial charge is 0.497 e. The van der Waals surface area contributed by atoms with Gasteiger partial charge in [0.05, 0.1) is 12.1 Å². The average Bonchev–Trinajstić information content (AvgIpc) is 3.25. The maximum Gasteiger partial charge on any atom is 0.407 e. The highest BCUT2D eigenvalue weighted by atomic mass is 35.5. The normalized spacial score (nSPS) is 11.9. The number of hydrogen-bond acceptors (Lipinski definition) is 5. The van der Waals surface area contributed by atoms with Crippen molar-refractivity contribution >= 4 is 35.7 Å². The van der Waals surface area contributed by atoms with Gasteiger partial charge in [-0.05, 0) is 46.0 Å². The molecule has 1 aliphatic rings. The number of carbonyl (C=O) groups excluding carboxylic acids is 2. The van der Waals surface area contributed by atoms with Crippen molar-refractivity contribution < 1.29 is 19.1 Å². The Labute approximate surface area is 224 Å². The lowest BCUT2D eigenvalue weighted by atomic mass is 9.98. The van der Waals surface area contributed by atoms with Crippen molar-refractivity contribution in [2.45, 2.75) is 22.3 Å². The lowest BCUT2D eigenvalue weighted by Gasteiger charge is -2.16. The minimum absolute atomic E-state index is 0.0182. The predicted octanol–water partition coefficient (Wildman–Crippen LogP) is 7.35. The van der Waals surface area contributed by atoms with E-state index in [1.54, 1.807) is 19.2 Å².